The smallest absolute Gasteiger partial charge is 0.221 e. The molecule has 0 aromatic heterocycles. The number of aliphatic hydroxyl groups is 1. The quantitative estimate of drug-likeness (QED) is 0.596. The molecule has 0 saturated heterocycles. The van der Waals surface area contributed by atoms with Crippen LogP contribution < -0.4 is 11.1 Å². The number of carbonyl (C=O) groups excluding carboxylic acids is 1. The van der Waals surface area contributed by atoms with Gasteiger partial charge in [0.1, 0.15) is 0 Å². The molecule has 16 heavy (non-hydrogen) atoms. The predicted molar refractivity (Wildman–Crippen MR) is 62.9 cm³/mol. The van der Waals surface area contributed by atoms with Crippen molar-refractivity contribution in [3.8, 4) is 0 Å². The Morgan fingerprint density at radius 3 is 2.50 bits per heavy atom. The molecule has 5 nitrogen and oxygen atoms in total. The lowest BCUT2D eigenvalue weighted by atomic mass is 9.85. The van der Waals surface area contributed by atoms with Crippen molar-refractivity contribution >= 4 is 5.91 Å². The Morgan fingerprint density at radius 1 is 1.50 bits per heavy atom. The summed E-state index contributed by atoms with van der Waals surface area (Å²) in [7, 11) is 1.50. The normalized spacial score (nSPS) is 15.6. The molecule has 96 valence electrons. The van der Waals surface area contributed by atoms with Crippen molar-refractivity contribution in [2.24, 2.45) is 11.1 Å². The summed E-state index contributed by atoms with van der Waals surface area (Å²) in [6.45, 7) is 6.38. The molecule has 0 saturated carbocycles. The molecule has 2 unspecified atom stereocenters. The lowest BCUT2D eigenvalue weighted by Gasteiger charge is -2.26. The molecule has 2 atom stereocenters. The Hall–Kier alpha value is -0.650. The third kappa shape index (κ3) is 6.76. The van der Waals surface area contributed by atoms with Crippen molar-refractivity contribution in [2.75, 3.05) is 20.3 Å². The van der Waals surface area contributed by atoms with E-state index in [1.54, 1.807) is 0 Å². The first-order valence-electron chi connectivity index (χ1n) is 5.46. The molecule has 4 N–H and O–H groups in total. The van der Waals surface area contributed by atoms with Gasteiger partial charge in [-0.25, -0.2) is 0 Å². The Morgan fingerprint density at radius 2 is 2.06 bits per heavy atom. The van der Waals surface area contributed by atoms with Gasteiger partial charge in [0, 0.05) is 26.1 Å². The van der Waals surface area contributed by atoms with Gasteiger partial charge in [-0.1, -0.05) is 20.8 Å². The molecular weight excluding hydrogens is 208 g/mol. The molecule has 0 radical (unpaired) electrons. The van der Waals surface area contributed by atoms with Crippen LogP contribution in [0.25, 0.3) is 0 Å². The molecule has 0 aliphatic rings. The number of methoxy groups -OCH3 is 1. The summed E-state index contributed by atoms with van der Waals surface area (Å²) in [5.74, 6) is -0.141. The fraction of sp³-hybridized carbons (Fsp3) is 0.909. The molecule has 0 bridgehead atoms. The van der Waals surface area contributed by atoms with Gasteiger partial charge < -0.3 is 20.9 Å². The van der Waals surface area contributed by atoms with E-state index in [0.717, 1.165) is 0 Å². The second-order valence-corrected chi connectivity index (χ2v) is 5.09. The van der Waals surface area contributed by atoms with Gasteiger partial charge >= 0.3 is 0 Å². The van der Waals surface area contributed by atoms with Crippen molar-refractivity contribution in [2.45, 2.75) is 39.3 Å². The van der Waals surface area contributed by atoms with E-state index in [4.69, 9.17) is 10.5 Å². The van der Waals surface area contributed by atoms with Gasteiger partial charge in [-0.2, -0.15) is 0 Å². The van der Waals surface area contributed by atoms with Crippen LogP contribution in [0.2, 0.25) is 0 Å². The first-order valence-corrected chi connectivity index (χ1v) is 5.46. The summed E-state index contributed by atoms with van der Waals surface area (Å²) >= 11 is 0. The highest BCUT2D eigenvalue weighted by Crippen LogP contribution is 2.19. The van der Waals surface area contributed by atoms with Crippen LogP contribution in [0.15, 0.2) is 0 Å². The number of amides is 1. The number of nitrogens with two attached hydrogens (primary N) is 1. The Labute approximate surface area is 97.3 Å². The SMILES string of the molecule is COCC(O)CNC(=O)CC(N)C(C)(C)C. The maximum atomic E-state index is 11.5. The number of carbonyl (C=O) groups is 1. The van der Waals surface area contributed by atoms with E-state index in [9.17, 15) is 9.90 Å². The molecule has 0 aliphatic carbocycles. The lowest BCUT2D eigenvalue weighted by molar-refractivity contribution is -0.122. The highest BCUT2D eigenvalue weighted by atomic mass is 16.5. The van der Waals surface area contributed by atoms with Crippen LogP contribution in [0, 0.1) is 5.41 Å². The number of rotatable bonds is 6. The van der Waals surface area contributed by atoms with Gasteiger partial charge in [0.25, 0.3) is 0 Å². The minimum atomic E-state index is -0.667. The number of hydrogen-bond acceptors (Lipinski definition) is 4. The summed E-state index contributed by atoms with van der Waals surface area (Å²) in [4.78, 5) is 11.5. The zero-order valence-electron chi connectivity index (χ0n) is 10.6. The summed E-state index contributed by atoms with van der Waals surface area (Å²) in [6.07, 6.45) is -0.400. The number of nitrogens with one attached hydrogen (secondary N) is 1. The van der Waals surface area contributed by atoms with Crippen LogP contribution in [0.5, 0.6) is 0 Å². The van der Waals surface area contributed by atoms with E-state index in [1.807, 2.05) is 20.8 Å². The molecular formula is C11H24N2O3. The topological polar surface area (TPSA) is 84.6 Å². The second-order valence-electron chi connectivity index (χ2n) is 5.09. The van der Waals surface area contributed by atoms with E-state index >= 15 is 0 Å². The van der Waals surface area contributed by atoms with Crippen LogP contribution in [-0.4, -0.2) is 43.4 Å². The Kier molecular flexibility index (Phi) is 6.55. The fourth-order valence-corrected chi connectivity index (χ4v) is 1.06. The average molecular weight is 232 g/mol. The highest BCUT2D eigenvalue weighted by Gasteiger charge is 2.23. The minimum Gasteiger partial charge on any atom is -0.389 e. The van der Waals surface area contributed by atoms with Gasteiger partial charge in [0.05, 0.1) is 12.7 Å². The minimum absolute atomic E-state index is 0.0948. The Balaban J connectivity index is 3.83. The highest BCUT2D eigenvalue weighted by molar-refractivity contribution is 5.76. The standard InChI is InChI=1S/C11H24N2O3/c1-11(2,3)9(12)5-10(15)13-6-8(14)7-16-4/h8-9,14H,5-7,12H2,1-4H3,(H,13,15). The van der Waals surface area contributed by atoms with Crippen molar-refractivity contribution in [3.05, 3.63) is 0 Å². The first kappa shape index (κ1) is 15.3. The van der Waals surface area contributed by atoms with Gasteiger partial charge in [-0.3, -0.25) is 4.79 Å². The molecule has 1 amide bonds. The van der Waals surface area contributed by atoms with Crippen molar-refractivity contribution in [3.63, 3.8) is 0 Å². The third-order valence-electron chi connectivity index (χ3n) is 2.41. The van der Waals surface area contributed by atoms with E-state index in [-0.39, 0.29) is 36.9 Å². The van der Waals surface area contributed by atoms with Crippen LogP contribution in [0.3, 0.4) is 0 Å². The predicted octanol–water partition coefficient (Wildman–Crippen LogP) is -0.127. The van der Waals surface area contributed by atoms with E-state index in [1.165, 1.54) is 7.11 Å². The largest absolute Gasteiger partial charge is 0.389 e. The zero-order chi connectivity index (χ0) is 12.8. The third-order valence-corrected chi connectivity index (χ3v) is 2.41. The van der Waals surface area contributed by atoms with Gasteiger partial charge in [0.2, 0.25) is 5.91 Å². The number of hydrogen-bond donors (Lipinski definition) is 3. The molecule has 0 aromatic rings. The van der Waals surface area contributed by atoms with E-state index in [0.29, 0.717) is 0 Å². The van der Waals surface area contributed by atoms with Gasteiger partial charge in [-0.15, -0.1) is 0 Å². The zero-order valence-corrected chi connectivity index (χ0v) is 10.6. The molecule has 5 heteroatoms. The maximum Gasteiger partial charge on any atom is 0.221 e. The van der Waals surface area contributed by atoms with Gasteiger partial charge in [-0.05, 0) is 5.41 Å². The Bertz CT molecular complexity index is 214. The maximum absolute atomic E-state index is 11.5. The second kappa shape index (κ2) is 6.83. The number of aliphatic hydroxyl groups excluding tert-OH is 1. The van der Waals surface area contributed by atoms with Gasteiger partial charge in [0.15, 0.2) is 0 Å². The van der Waals surface area contributed by atoms with Crippen molar-refractivity contribution in [1.29, 1.82) is 0 Å². The molecule has 0 rings (SSSR count). The summed E-state index contributed by atoms with van der Waals surface area (Å²) < 4.78 is 4.75. The summed E-state index contributed by atoms with van der Waals surface area (Å²) in [5.41, 5.74) is 5.77. The molecule has 0 aliphatic heterocycles. The first-order chi connectivity index (χ1) is 7.27. The van der Waals surface area contributed by atoms with Crippen LogP contribution >= 0.6 is 0 Å². The van der Waals surface area contributed by atoms with Crippen molar-refractivity contribution in [1.82, 2.24) is 5.32 Å². The van der Waals surface area contributed by atoms with Crippen LogP contribution in [-0.2, 0) is 9.53 Å². The monoisotopic (exact) mass is 232 g/mol. The van der Waals surface area contributed by atoms with E-state index in [2.05, 4.69) is 5.32 Å². The molecule has 0 spiro atoms. The molecule has 0 heterocycles. The van der Waals surface area contributed by atoms with Crippen LogP contribution in [0.4, 0.5) is 0 Å². The van der Waals surface area contributed by atoms with Crippen LogP contribution in [0.1, 0.15) is 27.2 Å². The summed E-state index contributed by atoms with van der Waals surface area (Å²) in [5, 5.41) is 11.9. The fourth-order valence-electron chi connectivity index (χ4n) is 1.06. The van der Waals surface area contributed by atoms with E-state index < -0.39 is 6.10 Å². The lowest BCUT2D eigenvalue weighted by Crippen LogP contribution is -2.42. The number of ether oxygens (including phenoxy) is 1. The molecule has 0 aromatic carbocycles. The summed E-state index contributed by atoms with van der Waals surface area (Å²) in [6, 6.07) is -0.188. The average Bonchev–Trinajstić information content (AvgIpc) is 2.13. The van der Waals surface area contributed by atoms with Crippen molar-refractivity contribution < 1.29 is 14.6 Å². The molecule has 0 fully saturated rings.